The van der Waals surface area contributed by atoms with Crippen molar-refractivity contribution in [3.63, 3.8) is 0 Å². The molecule has 0 saturated carbocycles. The molecule has 0 aliphatic rings. The molecule has 1 aromatic carbocycles. The van der Waals surface area contributed by atoms with Gasteiger partial charge in [0.05, 0.1) is 10.2 Å². The molecule has 1 aromatic heterocycles. The van der Waals surface area contributed by atoms with Crippen LogP contribution in [0.3, 0.4) is 0 Å². The van der Waals surface area contributed by atoms with Crippen molar-refractivity contribution < 1.29 is 0 Å². The zero-order chi connectivity index (χ0) is 8.72. The van der Waals surface area contributed by atoms with Gasteiger partial charge in [-0.3, -0.25) is 0 Å². The highest BCUT2D eigenvalue weighted by Crippen LogP contribution is 2.32. The van der Waals surface area contributed by atoms with E-state index in [1.54, 1.807) is 0 Å². The molecule has 5 heteroatoms. The van der Waals surface area contributed by atoms with Gasteiger partial charge in [-0.25, -0.2) is 4.98 Å². The van der Waals surface area contributed by atoms with Crippen LogP contribution in [0.25, 0.3) is 10.2 Å². The summed E-state index contributed by atoms with van der Waals surface area (Å²) in [7, 11) is 0. The van der Waals surface area contributed by atoms with Crippen molar-refractivity contribution >= 4 is 65.0 Å². The van der Waals surface area contributed by atoms with Gasteiger partial charge in [0.25, 0.3) is 0 Å². The number of halogens is 3. The van der Waals surface area contributed by atoms with E-state index in [9.17, 15) is 0 Å². The second kappa shape index (κ2) is 3.25. The highest BCUT2D eigenvalue weighted by molar-refractivity contribution is 9.13. The van der Waals surface area contributed by atoms with Gasteiger partial charge in [-0.05, 0) is 44.0 Å². The average molecular weight is 327 g/mol. The van der Waals surface area contributed by atoms with Crippen molar-refractivity contribution in [2.75, 3.05) is 0 Å². The first-order chi connectivity index (χ1) is 5.66. The summed E-state index contributed by atoms with van der Waals surface area (Å²) < 4.78 is 3.69. The fourth-order valence-electron chi connectivity index (χ4n) is 0.895. The summed E-state index contributed by atoms with van der Waals surface area (Å²) in [5, 5.41) is 0. The quantitative estimate of drug-likeness (QED) is 0.695. The molecule has 0 N–H and O–H groups in total. The topological polar surface area (TPSA) is 12.9 Å². The van der Waals surface area contributed by atoms with Crippen LogP contribution in [0.5, 0.6) is 0 Å². The van der Waals surface area contributed by atoms with Crippen LogP contribution in [0.15, 0.2) is 21.1 Å². The van der Waals surface area contributed by atoms with E-state index in [2.05, 4.69) is 36.8 Å². The molecule has 62 valence electrons. The molecule has 2 aromatic rings. The molecule has 0 fully saturated rings. The van der Waals surface area contributed by atoms with Gasteiger partial charge in [0.15, 0.2) is 4.47 Å². The van der Waals surface area contributed by atoms with Crippen LogP contribution in [0.4, 0.5) is 0 Å². The molecule has 0 bridgehead atoms. The molecule has 0 spiro atoms. The zero-order valence-corrected chi connectivity index (χ0v) is 10.4. The number of aromatic nitrogens is 1. The maximum absolute atomic E-state index is 5.76. The summed E-state index contributed by atoms with van der Waals surface area (Å²) >= 11 is 14.1. The maximum Gasteiger partial charge on any atom is 0.184 e. The Kier molecular flexibility index (Phi) is 2.42. The van der Waals surface area contributed by atoms with Crippen molar-refractivity contribution in [2.45, 2.75) is 0 Å². The van der Waals surface area contributed by atoms with Crippen molar-refractivity contribution in [1.29, 1.82) is 0 Å². The molecule has 1 heterocycles. The van der Waals surface area contributed by atoms with E-state index in [1.165, 1.54) is 11.3 Å². The van der Waals surface area contributed by atoms with Crippen molar-refractivity contribution in [3.8, 4) is 0 Å². The maximum atomic E-state index is 5.76. The second-order valence-corrected chi connectivity index (χ2v) is 5.52. The molecule has 0 unspecified atom stereocenters. The van der Waals surface area contributed by atoms with Crippen LogP contribution in [-0.2, 0) is 0 Å². The van der Waals surface area contributed by atoms with Crippen molar-refractivity contribution in [1.82, 2.24) is 4.98 Å². The second-order valence-electron chi connectivity index (χ2n) is 2.20. The van der Waals surface area contributed by atoms with E-state index in [-0.39, 0.29) is 0 Å². The lowest BCUT2D eigenvalue weighted by molar-refractivity contribution is 1.48. The Labute approximate surface area is 95.0 Å². The third-order valence-corrected chi connectivity index (χ3v) is 4.37. The minimum Gasteiger partial charge on any atom is -0.225 e. The first-order valence-electron chi connectivity index (χ1n) is 3.08. The largest absolute Gasteiger partial charge is 0.225 e. The number of benzene rings is 1. The van der Waals surface area contributed by atoms with E-state index in [1.807, 2.05) is 12.1 Å². The summed E-state index contributed by atoms with van der Waals surface area (Å²) in [5.41, 5.74) is 0.931. The lowest BCUT2D eigenvalue weighted by Gasteiger charge is -1.93. The van der Waals surface area contributed by atoms with Crippen molar-refractivity contribution in [2.24, 2.45) is 0 Å². The molecule has 0 amide bonds. The number of rotatable bonds is 0. The third-order valence-electron chi connectivity index (χ3n) is 1.40. The van der Waals surface area contributed by atoms with E-state index in [4.69, 9.17) is 11.6 Å². The Morgan fingerprint density at radius 3 is 2.67 bits per heavy atom. The fourth-order valence-corrected chi connectivity index (χ4v) is 2.77. The minimum atomic E-state index is 0.579. The first-order valence-corrected chi connectivity index (χ1v) is 5.86. The third kappa shape index (κ3) is 1.53. The summed E-state index contributed by atoms with van der Waals surface area (Å²) in [5.74, 6) is 0. The molecule has 0 radical (unpaired) electrons. The van der Waals surface area contributed by atoms with Gasteiger partial charge in [-0.1, -0.05) is 11.6 Å². The molecular formula is C7H2Br2ClNS. The SMILES string of the molecule is Clc1nc2cc(Br)c(Br)cc2s1. The Morgan fingerprint density at radius 2 is 1.92 bits per heavy atom. The Hall–Kier alpha value is 0.360. The molecule has 2 rings (SSSR count). The normalized spacial score (nSPS) is 10.9. The molecular weight excluding hydrogens is 325 g/mol. The smallest absolute Gasteiger partial charge is 0.184 e. The molecule has 0 aliphatic heterocycles. The summed E-state index contributed by atoms with van der Waals surface area (Å²) in [6.45, 7) is 0. The number of hydrogen-bond donors (Lipinski definition) is 0. The summed E-state index contributed by atoms with van der Waals surface area (Å²) in [6, 6.07) is 3.95. The first kappa shape index (κ1) is 8.94. The Morgan fingerprint density at radius 1 is 1.25 bits per heavy atom. The summed E-state index contributed by atoms with van der Waals surface area (Å²) in [6.07, 6.45) is 0. The van der Waals surface area contributed by atoms with Gasteiger partial charge in [0, 0.05) is 8.95 Å². The number of fused-ring (bicyclic) bond motifs is 1. The van der Waals surface area contributed by atoms with Gasteiger partial charge in [0.1, 0.15) is 0 Å². The predicted octanol–water partition coefficient (Wildman–Crippen LogP) is 4.47. The van der Waals surface area contributed by atoms with Crippen LogP contribution in [0.2, 0.25) is 4.47 Å². The highest BCUT2D eigenvalue weighted by Gasteiger charge is 2.04. The van der Waals surface area contributed by atoms with Gasteiger partial charge in [-0.2, -0.15) is 0 Å². The van der Waals surface area contributed by atoms with Gasteiger partial charge < -0.3 is 0 Å². The zero-order valence-electron chi connectivity index (χ0n) is 5.64. The average Bonchev–Trinajstić information content (AvgIpc) is 2.30. The lowest BCUT2D eigenvalue weighted by atomic mass is 10.3. The van der Waals surface area contributed by atoms with E-state index < -0.39 is 0 Å². The Balaban J connectivity index is 2.83. The lowest BCUT2D eigenvalue weighted by Crippen LogP contribution is -1.70. The van der Waals surface area contributed by atoms with Crippen LogP contribution in [-0.4, -0.2) is 4.98 Å². The van der Waals surface area contributed by atoms with Gasteiger partial charge in [-0.15, -0.1) is 11.3 Å². The molecule has 0 saturated heterocycles. The van der Waals surface area contributed by atoms with E-state index in [0.29, 0.717) is 4.47 Å². The highest BCUT2D eigenvalue weighted by atomic mass is 79.9. The predicted molar refractivity (Wildman–Crippen MR) is 60.0 cm³/mol. The minimum absolute atomic E-state index is 0.579. The summed E-state index contributed by atoms with van der Waals surface area (Å²) in [4.78, 5) is 4.15. The van der Waals surface area contributed by atoms with E-state index in [0.717, 1.165) is 19.2 Å². The van der Waals surface area contributed by atoms with Crippen LogP contribution < -0.4 is 0 Å². The van der Waals surface area contributed by atoms with Gasteiger partial charge in [0.2, 0.25) is 0 Å². The molecule has 12 heavy (non-hydrogen) atoms. The van der Waals surface area contributed by atoms with Crippen molar-refractivity contribution in [3.05, 3.63) is 25.5 Å². The molecule has 0 atom stereocenters. The van der Waals surface area contributed by atoms with Gasteiger partial charge >= 0.3 is 0 Å². The van der Waals surface area contributed by atoms with Crippen LogP contribution in [0, 0.1) is 0 Å². The molecule has 1 nitrogen and oxygen atoms in total. The van der Waals surface area contributed by atoms with Crippen LogP contribution >= 0.6 is 54.8 Å². The fraction of sp³-hybridized carbons (Fsp3) is 0. The number of nitrogens with zero attached hydrogens (tertiary/aromatic N) is 1. The number of hydrogen-bond acceptors (Lipinski definition) is 2. The standard InChI is InChI=1S/C7H2Br2ClNS/c8-3-1-5-6(2-4(3)9)12-7(10)11-5/h1-2H. The molecule has 0 aliphatic carbocycles. The monoisotopic (exact) mass is 325 g/mol. The van der Waals surface area contributed by atoms with Crippen LogP contribution in [0.1, 0.15) is 0 Å². The Bertz CT molecular complexity index is 401. The van der Waals surface area contributed by atoms with E-state index >= 15 is 0 Å². The number of thiazole rings is 1.